The molecular formula is C20H29N3O6S. The summed E-state index contributed by atoms with van der Waals surface area (Å²) in [7, 11) is -2.58. The molecule has 30 heavy (non-hydrogen) atoms. The number of carbonyl (C=O) groups is 1. The molecule has 0 spiro atoms. The Morgan fingerprint density at radius 1 is 1.17 bits per heavy atom. The molecule has 2 rings (SSSR count). The number of sulfonamides is 1. The van der Waals surface area contributed by atoms with Crippen molar-refractivity contribution in [2.75, 3.05) is 7.11 Å². The zero-order valence-corrected chi connectivity index (χ0v) is 19.4. The Morgan fingerprint density at radius 3 is 2.30 bits per heavy atom. The van der Waals surface area contributed by atoms with Gasteiger partial charge in [0.1, 0.15) is 10.6 Å². The lowest BCUT2D eigenvalue weighted by Gasteiger charge is -2.21. The summed E-state index contributed by atoms with van der Waals surface area (Å²) in [4.78, 5) is 16.7. The van der Waals surface area contributed by atoms with E-state index in [0.29, 0.717) is 5.82 Å². The van der Waals surface area contributed by atoms with Crippen LogP contribution < -0.4 is 9.46 Å². The van der Waals surface area contributed by atoms with Crippen LogP contribution in [0.4, 0.5) is 0 Å². The molecule has 0 aliphatic heterocycles. The van der Waals surface area contributed by atoms with Gasteiger partial charge in [-0.3, -0.25) is 0 Å². The molecule has 10 heteroatoms. The molecule has 0 saturated carbocycles. The van der Waals surface area contributed by atoms with Crippen molar-refractivity contribution >= 4 is 16.0 Å². The van der Waals surface area contributed by atoms with Gasteiger partial charge in [0.2, 0.25) is 10.0 Å². The SMILES string of the molecule is COc1ccc(C(=O)OC(C)c2nc(C(C)(C)C)no2)cc1S(=O)(=O)NC(C)(C)C. The van der Waals surface area contributed by atoms with Gasteiger partial charge in [-0.1, -0.05) is 25.9 Å². The Labute approximate surface area is 177 Å². The first-order chi connectivity index (χ1) is 13.6. The summed E-state index contributed by atoms with van der Waals surface area (Å²) in [5.41, 5.74) is -0.977. The summed E-state index contributed by atoms with van der Waals surface area (Å²) in [6, 6.07) is 4.05. The highest BCUT2D eigenvalue weighted by Crippen LogP contribution is 2.28. The first kappa shape index (κ1) is 23.8. The van der Waals surface area contributed by atoms with Gasteiger partial charge in [-0.15, -0.1) is 0 Å². The fourth-order valence-corrected chi connectivity index (χ4v) is 4.07. The van der Waals surface area contributed by atoms with Crippen LogP contribution in [0.2, 0.25) is 0 Å². The summed E-state index contributed by atoms with van der Waals surface area (Å²) < 4.78 is 43.8. The molecule has 1 aromatic carbocycles. The van der Waals surface area contributed by atoms with Crippen molar-refractivity contribution in [2.24, 2.45) is 0 Å². The number of esters is 1. The molecule has 1 N–H and O–H groups in total. The van der Waals surface area contributed by atoms with Gasteiger partial charge in [0.25, 0.3) is 5.89 Å². The van der Waals surface area contributed by atoms with Gasteiger partial charge in [0.05, 0.1) is 12.7 Å². The van der Waals surface area contributed by atoms with E-state index in [9.17, 15) is 13.2 Å². The van der Waals surface area contributed by atoms with E-state index in [-0.39, 0.29) is 27.5 Å². The van der Waals surface area contributed by atoms with Gasteiger partial charge in [0, 0.05) is 11.0 Å². The first-order valence-electron chi connectivity index (χ1n) is 9.41. The predicted octanol–water partition coefficient (Wildman–Crippen LogP) is 3.37. The fraction of sp³-hybridized carbons (Fsp3) is 0.550. The second kappa shape index (κ2) is 8.35. The number of nitrogens with zero attached hydrogens (tertiary/aromatic N) is 2. The van der Waals surface area contributed by atoms with Crippen LogP contribution in [0.3, 0.4) is 0 Å². The number of hydrogen-bond acceptors (Lipinski definition) is 8. The molecule has 0 saturated heterocycles. The summed E-state index contributed by atoms with van der Waals surface area (Å²) in [5.74, 6) is 0.0338. The smallest absolute Gasteiger partial charge is 0.338 e. The zero-order valence-electron chi connectivity index (χ0n) is 18.6. The minimum Gasteiger partial charge on any atom is -0.495 e. The number of benzene rings is 1. The maximum atomic E-state index is 12.8. The van der Waals surface area contributed by atoms with Crippen molar-refractivity contribution < 1.29 is 27.2 Å². The second-order valence-corrected chi connectivity index (χ2v) is 10.6. The van der Waals surface area contributed by atoms with E-state index in [4.69, 9.17) is 14.0 Å². The predicted molar refractivity (Wildman–Crippen MR) is 110 cm³/mol. The van der Waals surface area contributed by atoms with Crippen LogP contribution in [-0.2, 0) is 20.2 Å². The highest BCUT2D eigenvalue weighted by molar-refractivity contribution is 7.89. The van der Waals surface area contributed by atoms with E-state index in [2.05, 4.69) is 14.9 Å². The third-order valence-corrected chi connectivity index (χ3v) is 5.65. The van der Waals surface area contributed by atoms with Gasteiger partial charge in [-0.25, -0.2) is 17.9 Å². The summed E-state index contributed by atoms with van der Waals surface area (Å²) >= 11 is 0. The molecule has 1 unspecified atom stereocenters. The van der Waals surface area contributed by atoms with E-state index in [1.165, 1.54) is 25.3 Å². The number of rotatable bonds is 6. The van der Waals surface area contributed by atoms with Crippen molar-refractivity contribution in [1.82, 2.24) is 14.9 Å². The van der Waals surface area contributed by atoms with Gasteiger partial charge >= 0.3 is 5.97 Å². The van der Waals surface area contributed by atoms with Crippen LogP contribution in [0.5, 0.6) is 5.75 Å². The molecule has 0 radical (unpaired) electrons. The number of ether oxygens (including phenoxy) is 2. The number of nitrogens with one attached hydrogen (secondary N) is 1. The number of methoxy groups -OCH3 is 1. The molecule has 1 aromatic heterocycles. The van der Waals surface area contributed by atoms with Crippen LogP contribution in [-0.4, -0.2) is 37.2 Å². The third-order valence-electron chi connectivity index (χ3n) is 3.87. The monoisotopic (exact) mass is 439 g/mol. The highest BCUT2D eigenvalue weighted by atomic mass is 32.2. The maximum absolute atomic E-state index is 12.8. The van der Waals surface area contributed by atoms with Crippen molar-refractivity contribution in [3.8, 4) is 5.75 Å². The van der Waals surface area contributed by atoms with Crippen molar-refractivity contribution in [1.29, 1.82) is 0 Å². The summed E-state index contributed by atoms with van der Waals surface area (Å²) in [6.07, 6.45) is -0.809. The average molecular weight is 440 g/mol. The maximum Gasteiger partial charge on any atom is 0.338 e. The Morgan fingerprint density at radius 2 is 1.80 bits per heavy atom. The molecule has 0 aliphatic rings. The molecule has 0 amide bonds. The zero-order chi connectivity index (χ0) is 22.9. The summed E-state index contributed by atoms with van der Waals surface area (Å²) in [5, 5.41) is 3.91. The Kier molecular flexibility index (Phi) is 6.63. The van der Waals surface area contributed by atoms with Gasteiger partial charge in [-0.2, -0.15) is 4.98 Å². The third kappa shape index (κ3) is 5.79. The Balaban J connectivity index is 2.29. The van der Waals surface area contributed by atoms with Crippen molar-refractivity contribution in [2.45, 2.75) is 70.4 Å². The molecule has 1 heterocycles. The van der Waals surface area contributed by atoms with E-state index >= 15 is 0 Å². The van der Waals surface area contributed by atoms with Crippen molar-refractivity contribution in [3.05, 3.63) is 35.5 Å². The number of carbonyl (C=O) groups excluding carboxylic acids is 1. The molecule has 9 nitrogen and oxygen atoms in total. The minimum absolute atomic E-state index is 0.0486. The quantitative estimate of drug-likeness (QED) is 0.680. The van der Waals surface area contributed by atoms with E-state index < -0.39 is 27.6 Å². The van der Waals surface area contributed by atoms with Gasteiger partial charge in [0.15, 0.2) is 11.9 Å². The van der Waals surface area contributed by atoms with Crippen LogP contribution >= 0.6 is 0 Å². The fourth-order valence-electron chi connectivity index (χ4n) is 2.46. The molecule has 166 valence electrons. The standard InChI is InChI=1S/C20H29N3O6S/c1-12(16-21-18(22-29-16)19(2,3)4)28-17(24)13-9-10-14(27-8)15(11-13)30(25,26)23-20(5,6)7/h9-12,23H,1-8H3. The molecule has 1 atom stereocenters. The van der Waals surface area contributed by atoms with Crippen LogP contribution in [0, 0.1) is 0 Å². The van der Waals surface area contributed by atoms with Crippen LogP contribution in [0.15, 0.2) is 27.6 Å². The normalized spacial score (nSPS) is 13.7. The van der Waals surface area contributed by atoms with Crippen molar-refractivity contribution in [3.63, 3.8) is 0 Å². The molecule has 0 aliphatic carbocycles. The van der Waals surface area contributed by atoms with Crippen LogP contribution in [0.1, 0.15) is 76.6 Å². The van der Waals surface area contributed by atoms with Crippen LogP contribution in [0.25, 0.3) is 0 Å². The van der Waals surface area contributed by atoms with E-state index in [1.54, 1.807) is 27.7 Å². The molecule has 0 bridgehead atoms. The molecule has 2 aromatic rings. The van der Waals surface area contributed by atoms with Gasteiger partial charge in [-0.05, 0) is 45.9 Å². The molecule has 0 fully saturated rings. The summed E-state index contributed by atoms with van der Waals surface area (Å²) in [6.45, 7) is 12.5. The minimum atomic E-state index is -3.93. The lowest BCUT2D eigenvalue weighted by molar-refractivity contribution is 0.0265. The van der Waals surface area contributed by atoms with E-state index in [1.807, 2.05) is 20.8 Å². The Bertz CT molecular complexity index is 1020. The number of hydrogen-bond donors (Lipinski definition) is 1. The largest absolute Gasteiger partial charge is 0.495 e. The highest BCUT2D eigenvalue weighted by Gasteiger charge is 2.28. The lowest BCUT2D eigenvalue weighted by Crippen LogP contribution is -2.40. The second-order valence-electron chi connectivity index (χ2n) is 8.97. The number of aromatic nitrogens is 2. The lowest BCUT2D eigenvalue weighted by atomic mass is 9.96. The van der Waals surface area contributed by atoms with E-state index in [0.717, 1.165) is 0 Å². The Hall–Kier alpha value is -2.46. The first-order valence-corrected chi connectivity index (χ1v) is 10.9. The topological polar surface area (TPSA) is 121 Å². The average Bonchev–Trinajstić information content (AvgIpc) is 3.09. The molecular weight excluding hydrogens is 410 g/mol. The van der Waals surface area contributed by atoms with Gasteiger partial charge < -0.3 is 14.0 Å².